The summed E-state index contributed by atoms with van der Waals surface area (Å²) in [4.78, 5) is 50.6. The molecule has 0 heterocycles. The van der Waals surface area contributed by atoms with Crippen molar-refractivity contribution < 1.29 is 48.8 Å². The predicted octanol–water partition coefficient (Wildman–Crippen LogP) is 5.07. The monoisotopic (exact) mass is 800 g/mol. The molecule has 0 aromatic rings. The number of aliphatic hydroxyl groups excluding tert-OH is 2. The van der Waals surface area contributed by atoms with E-state index in [1.54, 1.807) is 23.5 Å². The van der Waals surface area contributed by atoms with E-state index >= 15 is 0 Å². The molecule has 0 saturated carbocycles. The molecule has 2 amide bonds. The fraction of sp³-hybridized carbons (Fsp3) is 0.789. The van der Waals surface area contributed by atoms with E-state index in [2.05, 4.69) is 20.6 Å². The smallest absolute Gasteiger partial charge is 0.408 e. The first kappa shape index (κ1) is 43.8. The molecule has 14 nitrogen and oxygen atoms in total. The molecule has 252 valence electrons. The summed E-state index contributed by atoms with van der Waals surface area (Å²) in [5, 5.41) is 26.1. The lowest BCUT2D eigenvalue weighted by Gasteiger charge is -2.06. The van der Waals surface area contributed by atoms with Crippen LogP contribution in [0.3, 0.4) is 0 Å². The molecule has 0 aromatic heterocycles. The Labute approximate surface area is 294 Å². The first-order chi connectivity index (χ1) is 21.2. The third-order valence-corrected chi connectivity index (χ3v) is 12.7. The zero-order chi connectivity index (χ0) is 31.3. The second kappa shape index (κ2) is 39.0. The van der Waals surface area contributed by atoms with Crippen molar-refractivity contribution in [3.8, 4) is 0 Å². The number of nitrogens with zero attached hydrogens (tertiary/aromatic N) is 2. The Morgan fingerprint density at radius 2 is 0.953 bits per heavy atom. The molecule has 0 aliphatic heterocycles. The average Bonchev–Trinajstić information content (AvgIpc) is 3.00. The highest BCUT2D eigenvalue weighted by molar-refractivity contribution is 8.17. The number of hydrogen-bond donors (Lipinski definition) is 4. The van der Waals surface area contributed by atoms with Crippen LogP contribution in [0.15, 0.2) is 9.98 Å². The number of amides is 2. The maximum Gasteiger partial charge on any atom is 0.408 e. The van der Waals surface area contributed by atoms with Crippen LogP contribution in [0.25, 0.3) is 0 Å². The van der Waals surface area contributed by atoms with Crippen molar-refractivity contribution in [3.63, 3.8) is 0 Å². The van der Waals surface area contributed by atoms with Crippen molar-refractivity contribution in [3.05, 3.63) is 0 Å². The van der Waals surface area contributed by atoms with Crippen molar-refractivity contribution in [2.24, 2.45) is 9.98 Å². The Bertz CT molecular complexity index is 698. The minimum absolute atomic E-state index is 0.0541. The number of aliphatic imine (C=N–C) groups is 2. The molecule has 0 aromatic carbocycles. The van der Waals surface area contributed by atoms with Gasteiger partial charge in [0.1, 0.15) is 23.8 Å². The van der Waals surface area contributed by atoms with Crippen molar-refractivity contribution in [1.82, 2.24) is 10.6 Å². The Balaban J connectivity index is 3.29. The lowest BCUT2D eigenvalue weighted by atomic mass is 11.1. The molecule has 0 aliphatic rings. The molecular weight excluding hydrogens is 765 g/mol. The van der Waals surface area contributed by atoms with Gasteiger partial charge in [-0.05, 0) is 0 Å². The van der Waals surface area contributed by atoms with Crippen LogP contribution in [-0.2, 0) is 29.0 Å². The van der Waals surface area contributed by atoms with Gasteiger partial charge >= 0.3 is 12.2 Å². The van der Waals surface area contributed by atoms with Crippen LogP contribution in [0.5, 0.6) is 0 Å². The third-order valence-electron chi connectivity index (χ3n) is 3.17. The van der Waals surface area contributed by atoms with Crippen LogP contribution in [-0.4, -0.2) is 120 Å². The normalized spacial score (nSPS) is 11.2. The summed E-state index contributed by atoms with van der Waals surface area (Å²) in [6.45, 7) is 0. The summed E-state index contributed by atoms with van der Waals surface area (Å²) in [6.07, 6.45) is 1.54. The molecule has 0 spiro atoms. The highest BCUT2D eigenvalue weighted by Gasteiger charge is 2.02. The van der Waals surface area contributed by atoms with E-state index in [1.807, 2.05) is 0 Å². The van der Waals surface area contributed by atoms with E-state index in [0.29, 0.717) is 45.6 Å². The molecule has 0 radical (unpaired) electrons. The van der Waals surface area contributed by atoms with Crippen molar-refractivity contribution in [1.29, 1.82) is 0 Å². The highest BCUT2D eigenvalue weighted by Crippen LogP contribution is 2.14. The van der Waals surface area contributed by atoms with Crippen LogP contribution in [0.1, 0.15) is 0 Å². The summed E-state index contributed by atoms with van der Waals surface area (Å²) in [5.41, 5.74) is 0. The molecule has 4 N–H and O–H groups in total. The van der Waals surface area contributed by atoms with E-state index < -0.39 is 12.2 Å². The second-order valence-electron chi connectivity index (χ2n) is 6.13. The SMILES string of the molecule is O=C(NCSCSC/N=C/OOCSCSCOC(=O)NCSCSC/N=C\OOCSCSCO)OCSCSCO. The van der Waals surface area contributed by atoms with Gasteiger partial charge in [-0.1, -0.05) is 0 Å². The summed E-state index contributed by atoms with van der Waals surface area (Å²) in [6, 6.07) is 0. The molecule has 0 saturated heterocycles. The minimum atomic E-state index is -0.473. The fourth-order valence-corrected chi connectivity index (χ4v) is 8.29. The number of ether oxygens (including phenoxy) is 2. The molecule has 0 atom stereocenters. The van der Waals surface area contributed by atoms with Gasteiger partial charge in [0, 0.05) is 25.4 Å². The second-order valence-corrected chi connectivity index (χ2v) is 17.5. The number of rotatable bonds is 32. The highest BCUT2D eigenvalue weighted by atomic mass is 32.2. The molecule has 24 heteroatoms. The summed E-state index contributed by atoms with van der Waals surface area (Å²) in [7, 11) is 0. The van der Waals surface area contributed by atoms with Crippen molar-refractivity contribution >= 4 is 143 Å². The summed E-state index contributed by atoms with van der Waals surface area (Å²) >= 11 is 14.7. The zero-order valence-electron chi connectivity index (χ0n) is 22.9. The zero-order valence-corrected chi connectivity index (χ0v) is 31.1. The standard InChI is InChI=1S/C19H36N4O10S10/c24-7-38-15-40-9-28-18(26)22-5-36-13-35-4-21-2-31-33-12-43-17-41-10-29-19(27)23-6-37-14-34-3-20-1-30-32-11-42-16-39-8-25/h1-2,24-25H,3-17H2,(H,22,26)(H,23,27)/b20-1-,21-2+. The van der Waals surface area contributed by atoms with Crippen LogP contribution >= 0.6 is 118 Å². The molecule has 0 fully saturated rings. The van der Waals surface area contributed by atoms with E-state index in [4.69, 9.17) is 39.2 Å². The molecule has 0 rings (SSSR count). The quantitative estimate of drug-likeness (QED) is 0.0177. The van der Waals surface area contributed by atoms with Crippen LogP contribution in [0, 0.1) is 0 Å². The summed E-state index contributed by atoms with van der Waals surface area (Å²) < 4.78 is 10.0. The molecule has 0 bridgehead atoms. The lowest BCUT2D eigenvalue weighted by Crippen LogP contribution is -2.23. The van der Waals surface area contributed by atoms with Gasteiger partial charge in [0.2, 0.25) is 12.8 Å². The van der Waals surface area contributed by atoms with Crippen LogP contribution in [0.2, 0.25) is 0 Å². The van der Waals surface area contributed by atoms with E-state index in [-0.39, 0.29) is 23.8 Å². The van der Waals surface area contributed by atoms with E-state index in [0.717, 1.165) is 15.3 Å². The first-order valence-corrected chi connectivity index (χ1v) is 23.1. The Morgan fingerprint density at radius 3 is 1.40 bits per heavy atom. The number of thioether (sulfide) groups is 10. The van der Waals surface area contributed by atoms with E-state index in [9.17, 15) is 9.59 Å². The van der Waals surface area contributed by atoms with Crippen LogP contribution in [0.4, 0.5) is 9.59 Å². The van der Waals surface area contributed by atoms with Gasteiger partial charge in [-0.25, -0.2) is 19.6 Å². The fourth-order valence-electron chi connectivity index (χ4n) is 1.59. The maximum absolute atomic E-state index is 11.6. The first-order valence-electron chi connectivity index (χ1n) is 11.5. The number of aliphatic hydroxyl groups is 2. The number of hydrogen-bond acceptors (Lipinski definition) is 22. The topological polar surface area (TPSA) is 179 Å². The number of nitrogens with one attached hydrogen (secondary N) is 2. The molecule has 43 heavy (non-hydrogen) atoms. The van der Waals surface area contributed by atoms with Crippen molar-refractivity contribution in [2.75, 3.05) is 84.6 Å². The van der Waals surface area contributed by atoms with Crippen molar-refractivity contribution in [2.45, 2.75) is 0 Å². The van der Waals surface area contributed by atoms with Gasteiger partial charge in [-0.2, -0.15) is 9.78 Å². The lowest BCUT2D eigenvalue weighted by molar-refractivity contribution is -0.196. The van der Waals surface area contributed by atoms with Gasteiger partial charge in [-0.3, -0.25) is 0 Å². The molecule has 0 aliphatic carbocycles. The largest absolute Gasteiger partial charge is 0.438 e. The van der Waals surface area contributed by atoms with Crippen LogP contribution < -0.4 is 10.6 Å². The number of carbonyl (C=O) groups is 2. The number of carbonyl (C=O) groups excluding carboxylic acids is 2. The Morgan fingerprint density at radius 1 is 0.558 bits per heavy atom. The minimum Gasteiger partial charge on any atom is -0.438 e. The van der Waals surface area contributed by atoms with Gasteiger partial charge in [0.15, 0.2) is 0 Å². The molecular formula is C19H36N4O10S10. The van der Waals surface area contributed by atoms with Gasteiger partial charge in [0.25, 0.3) is 0 Å². The average molecular weight is 801 g/mol. The number of alkyl carbamates (subject to hydrolysis) is 2. The maximum atomic E-state index is 11.6. The Hall–Kier alpha value is 0.820. The van der Waals surface area contributed by atoms with E-state index in [1.165, 1.54) is 107 Å². The Kier molecular flexibility index (Phi) is 39.7. The van der Waals surface area contributed by atoms with Gasteiger partial charge < -0.3 is 40.1 Å². The molecule has 0 unspecified atom stereocenters. The summed E-state index contributed by atoms with van der Waals surface area (Å²) in [5.74, 6) is 3.16. The van der Waals surface area contributed by atoms with Gasteiger partial charge in [0.05, 0.1) is 35.4 Å². The van der Waals surface area contributed by atoms with Gasteiger partial charge in [-0.15, -0.1) is 118 Å². The third kappa shape index (κ3) is 38.9. The predicted molar refractivity (Wildman–Crippen MR) is 194 cm³/mol.